The van der Waals surface area contributed by atoms with E-state index in [-0.39, 0.29) is 23.5 Å². The lowest BCUT2D eigenvalue weighted by Gasteiger charge is -2.15. The van der Waals surface area contributed by atoms with Crippen molar-refractivity contribution in [2.24, 2.45) is 5.41 Å². The van der Waals surface area contributed by atoms with Gasteiger partial charge >= 0.3 is 0 Å². The van der Waals surface area contributed by atoms with Crippen molar-refractivity contribution in [3.05, 3.63) is 29.8 Å². The van der Waals surface area contributed by atoms with E-state index in [9.17, 15) is 9.90 Å². The molecule has 0 spiro atoms. The predicted molar refractivity (Wildman–Crippen MR) is 73.0 cm³/mol. The first-order valence-corrected chi connectivity index (χ1v) is 6.68. The van der Waals surface area contributed by atoms with Gasteiger partial charge in [-0.1, -0.05) is 18.2 Å². The number of benzene rings is 1. The van der Waals surface area contributed by atoms with Crippen molar-refractivity contribution in [1.29, 1.82) is 0 Å². The number of nitrogens with one attached hydrogen (secondary N) is 1. The smallest absolute Gasteiger partial charge is 0.224 e. The normalized spacial score (nSPS) is 16.1. The van der Waals surface area contributed by atoms with Crippen LogP contribution in [0.25, 0.3) is 0 Å². The Labute approximate surface area is 113 Å². The highest BCUT2D eigenvalue weighted by molar-refractivity contribution is 5.79. The van der Waals surface area contributed by atoms with Gasteiger partial charge in [-0.3, -0.25) is 4.79 Å². The van der Waals surface area contributed by atoms with Crippen LogP contribution in [0.2, 0.25) is 0 Å². The summed E-state index contributed by atoms with van der Waals surface area (Å²) < 4.78 is 5.09. The lowest BCUT2D eigenvalue weighted by molar-refractivity contribution is -0.120. The van der Waals surface area contributed by atoms with E-state index in [1.807, 2.05) is 6.07 Å². The van der Waals surface area contributed by atoms with Gasteiger partial charge in [-0.25, -0.2) is 0 Å². The Morgan fingerprint density at radius 3 is 2.79 bits per heavy atom. The molecule has 4 nitrogen and oxygen atoms in total. The van der Waals surface area contributed by atoms with Crippen molar-refractivity contribution in [3.63, 3.8) is 0 Å². The SMILES string of the molecule is COCCC1(CNC(=O)Cc2ccccc2O)CC1. The van der Waals surface area contributed by atoms with E-state index in [1.54, 1.807) is 25.3 Å². The highest BCUT2D eigenvalue weighted by Gasteiger charge is 2.42. The molecule has 1 aliphatic rings. The van der Waals surface area contributed by atoms with E-state index in [4.69, 9.17) is 4.74 Å². The molecular weight excluding hydrogens is 242 g/mol. The minimum absolute atomic E-state index is 0.0369. The van der Waals surface area contributed by atoms with Gasteiger partial charge in [-0.05, 0) is 30.7 Å². The van der Waals surface area contributed by atoms with Gasteiger partial charge in [0.25, 0.3) is 0 Å². The van der Waals surface area contributed by atoms with E-state index in [0.717, 1.165) is 25.9 Å². The van der Waals surface area contributed by atoms with Crippen molar-refractivity contribution in [2.75, 3.05) is 20.3 Å². The summed E-state index contributed by atoms with van der Waals surface area (Å²) in [6.07, 6.45) is 3.55. The van der Waals surface area contributed by atoms with Crippen LogP contribution in [-0.4, -0.2) is 31.3 Å². The molecule has 19 heavy (non-hydrogen) atoms. The second-order valence-corrected chi connectivity index (χ2v) is 5.33. The molecule has 1 fully saturated rings. The molecule has 2 rings (SSSR count). The van der Waals surface area contributed by atoms with Gasteiger partial charge in [0.2, 0.25) is 5.91 Å². The molecule has 2 N–H and O–H groups in total. The summed E-state index contributed by atoms with van der Waals surface area (Å²) in [7, 11) is 1.70. The average Bonchev–Trinajstić information content (AvgIpc) is 3.18. The van der Waals surface area contributed by atoms with Gasteiger partial charge in [-0.2, -0.15) is 0 Å². The first-order chi connectivity index (χ1) is 9.15. The molecule has 1 amide bonds. The van der Waals surface area contributed by atoms with Crippen LogP contribution in [0.5, 0.6) is 5.75 Å². The number of carbonyl (C=O) groups excluding carboxylic acids is 1. The lowest BCUT2D eigenvalue weighted by atomic mass is 10.0. The van der Waals surface area contributed by atoms with E-state index < -0.39 is 0 Å². The Morgan fingerprint density at radius 2 is 2.16 bits per heavy atom. The zero-order chi connectivity index (χ0) is 13.7. The lowest BCUT2D eigenvalue weighted by Crippen LogP contribution is -2.31. The average molecular weight is 263 g/mol. The number of hydrogen-bond donors (Lipinski definition) is 2. The highest BCUT2D eigenvalue weighted by atomic mass is 16.5. The van der Waals surface area contributed by atoms with Gasteiger partial charge in [-0.15, -0.1) is 0 Å². The number of aromatic hydroxyl groups is 1. The molecule has 104 valence electrons. The quantitative estimate of drug-likeness (QED) is 0.789. The molecule has 0 atom stereocenters. The number of amides is 1. The number of carbonyl (C=O) groups is 1. The minimum atomic E-state index is -0.0369. The number of phenols is 1. The standard InChI is InChI=1S/C15H21NO3/c1-19-9-8-15(6-7-15)11-16-14(18)10-12-4-2-3-5-13(12)17/h2-5,17H,6-11H2,1H3,(H,16,18). The molecule has 4 heteroatoms. The third-order valence-corrected chi connectivity index (χ3v) is 3.80. The molecule has 1 aromatic carbocycles. The topological polar surface area (TPSA) is 58.6 Å². The van der Waals surface area contributed by atoms with Crippen LogP contribution in [0.1, 0.15) is 24.8 Å². The Morgan fingerprint density at radius 1 is 1.42 bits per heavy atom. The Balaban J connectivity index is 1.78. The number of hydrogen-bond acceptors (Lipinski definition) is 3. The maximum atomic E-state index is 11.9. The number of phenolic OH excluding ortho intramolecular Hbond substituents is 1. The molecule has 1 saturated carbocycles. The summed E-state index contributed by atoms with van der Waals surface area (Å²) in [5.41, 5.74) is 0.923. The zero-order valence-corrected chi connectivity index (χ0v) is 11.3. The highest BCUT2D eigenvalue weighted by Crippen LogP contribution is 2.48. The molecule has 0 bridgehead atoms. The first kappa shape index (κ1) is 13.9. The second kappa shape index (κ2) is 6.06. The van der Waals surface area contributed by atoms with Gasteiger partial charge in [0.05, 0.1) is 6.42 Å². The fraction of sp³-hybridized carbons (Fsp3) is 0.533. The third-order valence-electron chi connectivity index (χ3n) is 3.80. The molecule has 0 aliphatic heterocycles. The van der Waals surface area contributed by atoms with E-state index in [2.05, 4.69) is 5.32 Å². The van der Waals surface area contributed by atoms with E-state index in [0.29, 0.717) is 12.1 Å². The van der Waals surface area contributed by atoms with Crippen molar-refractivity contribution in [1.82, 2.24) is 5.32 Å². The zero-order valence-electron chi connectivity index (χ0n) is 11.3. The molecule has 0 heterocycles. The van der Waals surface area contributed by atoms with Crippen LogP contribution >= 0.6 is 0 Å². The van der Waals surface area contributed by atoms with E-state index in [1.165, 1.54) is 0 Å². The van der Waals surface area contributed by atoms with Crippen molar-refractivity contribution in [2.45, 2.75) is 25.7 Å². The summed E-state index contributed by atoms with van der Waals surface area (Å²) >= 11 is 0. The monoisotopic (exact) mass is 263 g/mol. The molecular formula is C15H21NO3. The number of para-hydroxylation sites is 1. The number of rotatable bonds is 7. The summed E-state index contributed by atoms with van der Waals surface area (Å²) in [6.45, 7) is 1.46. The Kier molecular flexibility index (Phi) is 4.43. The molecule has 0 unspecified atom stereocenters. The molecule has 0 radical (unpaired) electrons. The number of ether oxygens (including phenoxy) is 1. The summed E-state index contributed by atoms with van der Waals surface area (Å²) in [5.74, 6) is 0.142. The largest absolute Gasteiger partial charge is 0.508 e. The predicted octanol–water partition coefficient (Wildman–Crippen LogP) is 1.87. The summed E-state index contributed by atoms with van der Waals surface area (Å²) in [6, 6.07) is 6.94. The van der Waals surface area contributed by atoms with Crippen molar-refractivity contribution < 1.29 is 14.6 Å². The fourth-order valence-electron chi connectivity index (χ4n) is 2.19. The first-order valence-electron chi connectivity index (χ1n) is 6.68. The van der Waals surface area contributed by atoms with Gasteiger partial charge < -0.3 is 15.2 Å². The Bertz CT molecular complexity index is 441. The molecule has 1 aromatic rings. The van der Waals surface area contributed by atoms with Crippen molar-refractivity contribution in [3.8, 4) is 5.75 Å². The summed E-state index contributed by atoms with van der Waals surface area (Å²) in [5, 5.41) is 12.6. The molecule has 0 saturated heterocycles. The Hall–Kier alpha value is -1.55. The van der Waals surface area contributed by atoms with Crippen LogP contribution in [-0.2, 0) is 16.0 Å². The van der Waals surface area contributed by atoms with Crippen LogP contribution in [0.15, 0.2) is 24.3 Å². The number of methoxy groups -OCH3 is 1. The maximum absolute atomic E-state index is 11.9. The summed E-state index contributed by atoms with van der Waals surface area (Å²) in [4.78, 5) is 11.9. The van der Waals surface area contributed by atoms with Crippen LogP contribution in [0, 0.1) is 5.41 Å². The van der Waals surface area contributed by atoms with Crippen LogP contribution in [0.4, 0.5) is 0 Å². The minimum Gasteiger partial charge on any atom is -0.508 e. The third kappa shape index (κ3) is 3.96. The van der Waals surface area contributed by atoms with Gasteiger partial charge in [0.15, 0.2) is 0 Å². The second-order valence-electron chi connectivity index (χ2n) is 5.33. The van der Waals surface area contributed by atoms with Crippen molar-refractivity contribution >= 4 is 5.91 Å². The van der Waals surface area contributed by atoms with E-state index >= 15 is 0 Å². The van der Waals surface area contributed by atoms with Gasteiger partial charge in [0.1, 0.15) is 5.75 Å². The van der Waals surface area contributed by atoms with Crippen LogP contribution in [0.3, 0.4) is 0 Å². The maximum Gasteiger partial charge on any atom is 0.224 e. The molecule has 1 aliphatic carbocycles. The van der Waals surface area contributed by atoms with Crippen LogP contribution < -0.4 is 5.32 Å². The fourth-order valence-corrected chi connectivity index (χ4v) is 2.19. The van der Waals surface area contributed by atoms with Gasteiger partial charge in [0, 0.05) is 25.8 Å². The molecule has 0 aromatic heterocycles.